The molecule has 0 amide bonds. The van der Waals surface area contributed by atoms with Crippen molar-refractivity contribution in [2.24, 2.45) is 0 Å². The largest absolute Gasteiger partial charge is 0.480 e. The third kappa shape index (κ3) is 5.60. The van der Waals surface area contributed by atoms with Gasteiger partial charge in [-0.3, -0.25) is 0 Å². The maximum Gasteiger partial charge on any atom is 0.326 e. The second kappa shape index (κ2) is 10.5. The topological polar surface area (TPSA) is 103 Å². The molecule has 2 aromatic heterocycles. The van der Waals surface area contributed by atoms with Crippen molar-refractivity contribution in [2.45, 2.75) is 39.3 Å². The van der Waals surface area contributed by atoms with Crippen molar-refractivity contribution in [1.82, 2.24) is 15.0 Å². The molecular formula is C25H26FN5O2S. The monoisotopic (exact) mass is 479 g/mol. The fraction of sp³-hybridized carbons (Fsp3) is 0.240. The maximum absolute atomic E-state index is 13.8. The van der Waals surface area contributed by atoms with Crippen molar-refractivity contribution in [3.05, 3.63) is 82.4 Å². The summed E-state index contributed by atoms with van der Waals surface area (Å²) in [6.45, 7) is 4.33. The Morgan fingerprint density at radius 1 is 1.24 bits per heavy atom. The third-order valence-corrected chi connectivity index (χ3v) is 6.55. The molecule has 0 radical (unpaired) electrons. The second-order valence-corrected chi connectivity index (χ2v) is 9.08. The molecule has 0 fully saturated rings. The van der Waals surface area contributed by atoms with Crippen LogP contribution in [0.1, 0.15) is 28.5 Å². The molecule has 2 aromatic carbocycles. The summed E-state index contributed by atoms with van der Waals surface area (Å²) in [4.78, 5) is 24.7. The molecule has 0 saturated heterocycles. The molecule has 1 unspecified atom stereocenters. The summed E-state index contributed by atoms with van der Waals surface area (Å²) in [7, 11) is 0. The van der Waals surface area contributed by atoms with Gasteiger partial charge in [0.25, 0.3) is 0 Å². The lowest BCUT2D eigenvalue weighted by atomic mass is 10.0. The van der Waals surface area contributed by atoms with Gasteiger partial charge in [-0.05, 0) is 42.2 Å². The molecule has 176 valence electrons. The van der Waals surface area contributed by atoms with Crippen LogP contribution in [0.5, 0.6) is 0 Å². The van der Waals surface area contributed by atoms with Crippen LogP contribution in [0.2, 0.25) is 0 Å². The van der Waals surface area contributed by atoms with Gasteiger partial charge in [0.05, 0.1) is 6.54 Å². The van der Waals surface area contributed by atoms with E-state index in [0.29, 0.717) is 36.6 Å². The van der Waals surface area contributed by atoms with Gasteiger partial charge in [0.1, 0.15) is 16.9 Å². The number of carbonyl (C=O) groups is 1. The molecule has 2 heterocycles. The lowest BCUT2D eigenvalue weighted by molar-refractivity contribution is -0.137. The van der Waals surface area contributed by atoms with Crippen LogP contribution >= 0.6 is 11.3 Å². The highest BCUT2D eigenvalue weighted by Crippen LogP contribution is 2.27. The van der Waals surface area contributed by atoms with Gasteiger partial charge in [0.15, 0.2) is 5.95 Å². The number of anilines is 2. The van der Waals surface area contributed by atoms with Gasteiger partial charge in [0, 0.05) is 41.1 Å². The van der Waals surface area contributed by atoms with Crippen LogP contribution in [-0.2, 0) is 24.2 Å². The van der Waals surface area contributed by atoms with Crippen molar-refractivity contribution in [3.8, 4) is 10.6 Å². The number of aromatic amines is 1. The van der Waals surface area contributed by atoms with Gasteiger partial charge in [-0.15, -0.1) is 11.3 Å². The first-order valence-electron chi connectivity index (χ1n) is 11.0. The molecule has 0 saturated carbocycles. The number of aryl methyl sites for hydroxylation is 2. The normalized spacial score (nSPS) is 11.9. The summed E-state index contributed by atoms with van der Waals surface area (Å²) < 4.78 is 13.8. The van der Waals surface area contributed by atoms with E-state index < -0.39 is 12.0 Å². The number of halogens is 1. The second-order valence-electron chi connectivity index (χ2n) is 7.97. The third-order valence-electron chi connectivity index (χ3n) is 5.50. The number of carboxylic acid groups (broad SMARTS) is 1. The van der Waals surface area contributed by atoms with Gasteiger partial charge < -0.3 is 20.7 Å². The van der Waals surface area contributed by atoms with Crippen LogP contribution in [-0.4, -0.2) is 32.1 Å². The summed E-state index contributed by atoms with van der Waals surface area (Å²) in [6.07, 6.45) is 6.19. The molecule has 34 heavy (non-hydrogen) atoms. The van der Waals surface area contributed by atoms with E-state index in [1.807, 2.05) is 37.4 Å². The minimum absolute atomic E-state index is 0.297. The SMILES string of the molecule is CCc1cc(F)cc(C)c1NC(Cc1ccc(-c2ncc(CNc3ncc[nH]3)s2)cc1)C(=O)O. The van der Waals surface area contributed by atoms with E-state index >= 15 is 0 Å². The lowest BCUT2D eigenvalue weighted by Crippen LogP contribution is -2.32. The summed E-state index contributed by atoms with van der Waals surface area (Å²) in [6, 6.07) is 9.80. The fourth-order valence-corrected chi connectivity index (χ4v) is 4.60. The summed E-state index contributed by atoms with van der Waals surface area (Å²) in [5.41, 5.74) is 4.00. The average molecular weight is 480 g/mol. The number of imidazole rings is 1. The van der Waals surface area contributed by atoms with Crippen LogP contribution < -0.4 is 10.6 Å². The molecule has 7 nitrogen and oxygen atoms in total. The molecule has 4 rings (SSSR count). The van der Waals surface area contributed by atoms with Crippen molar-refractivity contribution in [3.63, 3.8) is 0 Å². The first-order valence-corrected chi connectivity index (χ1v) is 11.8. The Kier molecular flexibility index (Phi) is 7.22. The number of H-pyrrole nitrogens is 1. The predicted octanol–water partition coefficient (Wildman–Crippen LogP) is 5.26. The van der Waals surface area contributed by atoms with E-state index in [2.05, 4.69) is 25.6 Å². The number of carboxylic acids is 1. The van der Waals surface area contributed by atoms with Gasteiger partial charge in [-0.1, -0.05) is 31.2 Å². The Hall–Kier alpha value is -3.72. The summed E-state index contributed by atoms with van der Waals surface area (Å²) in [5, 5.41) is 17.0. The highest BCUT2D eigenvalue weighted by molar-refractivity contribution is 7.15. The Bertz CT molecular complexity index is 1260. The van der Waals surface area contributed by atoms with E-state index in [4.69, 9.17) is 0 Å². The number of hydrogen-bond acceptors (Lipinski definition) is 6. The van der Waals surface area contributed by atoms with E-state index in [9.17, 15) is 14.3 Å². The summed E-state index contributed by atoms with van der Waals surface area (Å²) >= 11 is 1.59. The van der Waals surface area contributed by atoms with Crippen molar-refractivity contribution >= 4 is 28.9 Å². The minimum atomic E-state index is -0.955. The number of nitrogens with one attached hydrogen (secondary N) is 3. The van der Waals surface area contributed by atoms with E-state index in [0.717, 1.165) is 26.6 Å². The lowest BCUT2D eigenvalue weighted by Gasteiger charge is -2.20. The fourth-order valence-electron chi connectivity index (χ4n) is 3.75. The van der Waals surface area contributed by atoms with E-state index in [1.54, 1.807) is 30.7 Å². The molecule has 4 N–H and O–H groups in total. The van der Waals surface area contributed by atoms with Gasteiger partial charge >= 0.3 is 5.97 Å². The molecule has 9 heteroatoms. The van der Waals surface area contributed by atoms with Crippen LogP contribution in [0.25, 0.3) is 10.6 Å². The molecule has 0 spiro atoms. The van der Waals surface area contributed by atoms with Crippen molar-refractivity contribution in [2.75, 3.05) is 10.6 Å². The Balaban J connectivity index is 1.43. The van der Waals surface area contributed by atoms with Crippen molar-refractivity contribution < 1.29 is 14.3 Å². The molecule has 4 aromatic rings. The highest BCUT2D eigenvalue weighted by atomic mass is 32.1. The number of aromatic nitrogens is 3. The Morgan fingerprint density at radius 3 is 2.71 bits per heavy atom. The van der Waals surface area contributed by atoms with Gasteiger partial charge in [-0.25, -0.2) is 19.2 Å². The summed E-state index contributed by atoms with van der Waals surface area (Å²) in [5.74, 6) is -0.560. The molecule has 1 atom stereocenters. The minimum Gasteiger partial charge on any atom is -0.480 e. The number of benzene rings is 2. The number of rotatable bonds is 10. The molecule has 0 aliphatic carbocycles. The first-order chi connectivity index (χ1) is 16.4. The average Bonchev–Trinajstić information content (AvgIpc) is 3.51. The van der Waals surface area contributed by atoms with Gasteiger partial charge in [-0.2, -0.15) is 0 Å². The molecule has 0 bridgehead atoms. The zero-order valence-corrected chi connectivity index (χ0v) is 19.7. The Labute approximate surface area is 201 Å². The standard InChI is InChI=1S/C25H26FN5O2S/c1-3-17-12-19(26)10-15(2)22(17)31-21(24(32)33)11-16-4-6-18(7-5-16)23-29-13-20(34-23)14-30-25-27-8-9-28-25/h4-10,12-13,21,31H,3,11,14H2,1-2H3,(H,32,33)(H2,27,28,30). The molecular weight excluding hydrogens is 453 g/mol. The zero-order valence-electron chi connectivity index (χ0n) is 18.9. The van der Waals surface area contributed by atoms with E-state index in [1.165, 1.54) is 12.1 Å². The van der Waals surface area contributed by atoms with Gasteiger partial charge in [0.2, 0.25) is 0 Å². The number of aliphatic carboxylic acids is 1. The maximum atomic E-state index is 13.8. The Morgan fingerprint density at radius 2 is 2.03 bits per heavy atom. The van der Waals surface area contributed by atoms with Crippen LogP contribution in [0.4, 0.5) is 16.0 Å². The van der Waals surface area contributed by atoms with Crippen molar-refractivity contribution in [1.29, 1.82) is 0 Å². The predicted molar refractivity (Wildman–Crippen MR) is 133 cm³/mol. The van der Waals surface area contributed by atoms with Crippen LogP contribution in [0.3, 0.4) is 0 Å². The molecule has 0 aliphatic rings. The van der Waals surface area contributed by atoms with Crippen LogP contribution in [0.15, 0.2) is 55.0 Å². The quantitative estimate of drug-likeness (QED) is 0.247. The smallest absolute Gasteiger partial charge is 0.326 e. The zero-order chi connectivity index (χ0) is 24.1. The number of nitrogens with zero attached hydrogens (tertiary/aromatic N) is 2. The van der Waals surface area contributed by atoms with Crippen LogP contribution in [0, 0.1) is 12.7 Å². The first kappa shape index (κ1) is 23.4. The van der Waals surface area contributed by atoms with E-state index in [-0.39, 0.29) is 5.82 Å². The number of thiazole rings is 1. The highest BCUT2D eigenvalue weighted by Gasteiger charge is 2.20. The molecule has 0 aliphatic heterocycles. The number of hydrogen-bond donors (Lipinski definition) is 4.